The second kappa shape index (κ2) is 42.3. The van der Waals surface area contributed by atoms with Crippen LogP contribution in [-0.2, 0) is 55.5 Å². The van der Waals surface area contributed by atoms with Crippen molar-refractivity contribution in [2.24, 2.45) is 0 Å². The lowest BCUT2D eigenvalue weighted by Gasteiger charge is -2.21. The molecule has 42 nitrogen and oxygen atoms in total. The van der Waals surface area contributed by atoms with Crippen LogP contribution in [-0.4, -0.2) is 231 Å². The Morgan fingerprint density at radius 3 is 1.13 bits per heavy atom. The number of urea groups is 3. The molecule has 15 unspecified atom stereocenters. The van der Waals surface area contributed by atoms with Crippen molar-refractivity contribution in [2.75, 3.05) is 42.3 Å². The molecular formula is C92H99N21O21. The number of amides is 6. The van der Waals surface area contributed by atoms with Crippen molar-refractivity contribution in [3.8, 4) is 17.6 Å². The number of aromatic nitrogens is 15. The molecule has 8 aliphatic rings. The molecule has 6 saturated heterocycles. The molecule has 15 atom stereocenters. The first-order chi connectivity index (χ1) is 65.6. The van der Waals surface area contributed by atoms with Gasteiger partial charge in [-0.3, -0.25) is 29.7 Å². The van der Waals surface area contributed by atoms with Gasteiger partial charge in [0.2, 0.25) is 17.6 Å². The quantitative estimate of drug-likeness (QED) is 0.0177. The van der Waals surface area contributed by atoms with Crippen LogP contribution >= 0.6 is 0 Å². The molecule has 6 aliphatic heterocycles. The molecule has 9 aromatic heterocycles. The molecule has 42 heteroatoms. The van der Waals surface area contributed by atoms with Gasteiger partial charge in [-0.15, -0.1) is 0 Å². The van der Waals surface area contributed by atoms with Crippen LogP contribution in [0.3, 0.4) is 0 Å². The topological polar surface area (TPSA) is 516 Å². The number of fused-ring (bicyclic) bond motifs is 6. The number of pyridine rings is 3. The number of anilines is 3. The normalized spacial score (nSPS) is 23.8. The molecule has 134 heavy (non-hydrogen) atoms. The summed E-state index contributed by atoms with van der Waals surface area (Å²) in [7, 11) is 0. The third-order valence-corrected chi connectivity index (χ3v) is 24.2. The molecule has 0 spiro atoms. The van der Waals surface area contributed by atoms with Crippen molar-refractivity contribution in [2.45, 2.75) is 214 Å². The zero-order valence-corrected chi connectivity index (χ0v) is 72.7. The molecule has 2 aliphatic carbocycles. The molecule has 6 amide bonds. The highest BCUT2D eigenvalue weighted by molar-refractivity contribution is 5.98. The number of nitrogens with zero attached hydrogens (tertiary/aromatic N) is 15. The summed E-state index contributed by atoms with van der Waals surface area (Å²) in [6.45, 7) is 2.59. The van der Waals surface area contributed by atoms with E-state index < -0.39 is 110 Å². The number of hydrogen-bond acceptors (Lipinski definition) is 30. The average molecular weight is 1830 g/mol. The van der Waals surface area contributed by atoms with Crippen molar-refractivity contribution in [1.29, 1.82) is 0 Å². The lowest BCUT2D eigenvalue weighted by Crippen LogP contribution is -2.36. The third kappa shape index (κ3) is 20.9. The highest BCUT2D eigenvalue weighted by Gasteiger charge is 2.57. The minimum atomic E-state index is -1.15. The highest BCUT2D eigenvalue weighted by atomic mass is 16.8. The van der Waals surface area contributed by atoms with Gasteiger partial charge in [-0.05, 0) is 92.5 Å². The fourth-order valence-corrected chi connectivity index (χ4v) is 17.7. The largest absolute Gasteiger partial charge is 0.477 e. The van der Waals surface area contributed by atoms with Crippen LogP contribution in [0.15, 0.2) is 184 Å². The average Bonchev–Trinajstić information content (AvgIpc) is 1.60. The minimum Gasteiger partial charge on any atom is -0.477 e. The Balaban J connectivity index is 0.000000134. The second-order valence-electron chi connectivity index (χ2n) is 33.1. The summed E-state index contributed by atoms with van der Waals surface area (Å²) in [6.07, 6.45) is 19.3. The number of imidazole rings is 3. The van der Waals surface area contributed by atoms with E-state index in [1.54, 1.807) is 32.7 Å². The van der Waals surface area contributed by atoms with Gasteiger partial charge < -0.3 is 88.1 Å². The number of rotatable bonds is 32. The van der Waals surface area contributed by atoms with E-state index in [-0.39, 0.29) is 102 Å². The Morgan fingerprint density at radius 2 is 0.746 bits per heavy atom. The molecule has 15 heterocycles. The molecule has 0 radical (unpaired) electrons. The van der Waals surface area contributed by atoms with Crippen LogP contribution in [0.2, 0.25) is 0 Å². The molecule has 20 rings (SSSR count). The first kappa shape index (κ1) is 90.6. The number of carboxylic acids is 3. The number of ether oxygens (including phenoxy) is 12. The van der Waals surface area contributed by atoms with Crippen LogP contribution in [0.25, 0.3) is 33.5 Å². The number of carbonyl (C=O) groups excluding carboxylic acids is 3. The van der Waals surface area contributed by atoms with Crippen molar-refractivity contribution in [3.05, 3.63) is 217 Å². The Morgan fingerprint density at radius 1 is 0.388 bits per heavy atom. The maximum atomic E-state index is 12.7. The number of aromatic carboxylic acids is 3. The predicted octanol–water partition coefficient (Wildman–Crippen LogP) is 11.5. The number of benzene rings is 3. The van der Waals surface area contributed by atoms with Gasteiger partial charge in [0.25, 0.3) is 0 Å². The first-order valence-electron chi connectivity index (χ1n) is 44.8. The molecule has 9 N–H and O–H groups in total. The van der Waals surface area contributed by atoms with E-state index in [9.17, 15) is 44.1 Å². The van der Waals surface area contributed by atoms with Gasteiger partial charge >= 0.3 is 36.0 Å². The number of carboxylic acid groups (broad SMARTS) is 3. The second-order valence-corrected chi connectivity index (χ2v) is 33.1. The van der Waals surface area contributed by atoms with Gasteiger partial charge in [-0.25, -0.2) is 88.6 Å². The van der Waals surface area contributed by atoms with E-state index in [0.717, 1.165) is 95.5 Å². The predicted molar refractivity (Wildman–Crippen MR) is 473 cm³/mol. The monoisotopic (exact) mass is 1830 g/mol. The fraction of sp³-hybridized carbons (Fsp3) is 0.413. The maximum Gasteiger partial charge on any atom is 0.341 e. The van der Waals surface area contributed by atoms with Gasteiger partial charge in [-0.2, -0.15) is 0 Å². The first-order valence-corrected chi connectivity index (χ1v) is 44.8. The number of hydrogen-bond donors (Lipinski definition) is 9. The van der Waals surface area contributed by atoms with Crippen molar-refractivity contribution in [3.63, 3.8) is 0 Å². The minimum absolute atomic E-state index is 0.0134. The van der Waals surface area contributed by atoms with E-state index in [0.29, 0.717) is 52.9 Å². The molecular weight excluding hydrogens is 1740 g/mol. The Kier molecular flexibility index (Phi) is 28.6. The van der Waals surface area contributed by atoms with Crippen LogP contribution in [0, 0.1) is 0 Å². The van der Waals surface area contributed by atoms with Crippen molar-refractivity contribution in [1.82, 2.24) is 89.5 Å². The van der Waals surface area contributed by atoms with Crippen LogP contribution in [0.4, 0.5) is 31.8 Å². The molecule has 2 saturated carbocycles. The molecule has 12 aromatic rings. The summed E-state index contributed by atoms with van der Waals surface area (Å²) >= 11 is 0. The van der Waals surface area contributed by atoms with E-state index in [1.165, 1.54) is 85.1 Å². The van der Waals surface area contributed by atoms with Crippen LogP contribution in [0.1, 0.15) is 170 Å². The SMILES string of the molecule is CCCCCCNC(=O)Nc1ncnc2c1ncn2C1OC(COc2ncccc2C(=O)O)C2OC(c3ccccc3)OC21.O=C(Nc1ncnc2c1ncn2C1OC(COc2ncccc2C(=O)O)C2OC(CCc3ccccc3)OC21)NC1CCCC1.O=C(Nc1ncnc2c1ncn2C1OC(COc2ncccc2C(=O)O)C2OC(CCc3ccccc3)OC21)NC1CCCC1. The van der Waals surface area contributed by atoms with Crippen molar-refractivity contribution < 1.29 is 101 Å². The summed E-state index contributed by atoms with van der Waals surface area (Å²) in [5.74, 6) is -2.67. The van der Waals surface area contributed by atoms with E-state index in [4.69, 9.17) is 56.8 Å². The number of carbonyl (C=O) groups is 6. The van der Waals surface area contributed by atoms with Crippen LogP contribution in [0.5, 0.6) is 17.6 Å². The zero-order valence-electron chi connectivity index (χ0n) is 72.7. The molecule has 0 bridgehead atoms. The Bertz CT molecular complexity index is 5830. The number of unbranched alkanes of at least 4 members (excludes halogenated alkanes) is 3. The molecule has 3 aromatic carbocycles. The summed E-state index contributed by atoms with van der Waals surface area (Å²) in [6, 6.07) is 37.8. The summed E-state index contributed by atoms with van der Waals surface area (Å²) in [5, 5.41) is 45.9. The van der Waals surface area contributed by atoms with Crippen LogP contribution < -0.4 is 46.1 Å². The van der Waals surface area contributed by atoms with E-state index in [2.05, 4.69) is 123 Å². The lowest BCUT2D eigenvalue weighted by molar-refractivity contribution is -0.152. The fourth-order valence-electron chi connectivity index (χ4n) is 17.7. The van der Waals surface area contributed by atoms with Gasteiger partial charge in [0.15, 0.2) is 88.5 Å². The molecule has 698 valence electrons. The summed E-state index contributed by atoms with van der Waals surface area (Å²) in [5.41, 5.74) is 5.50. The molecule has 8 fully saturated rings. The number of nitrogens with one attached hydrogen (secondary N) is 6. The lowest BCUT2D eigenvalue weighted by atomic mass is 10.1. The maximum absolute atomic E-state index is 12.7. The summed E-state index contributed by atoms with van der Waals surface area (Å²) < 4.78 is 80.3. The van der Waals surface area contributed by atoms with Gasteiger partial charge in [0, 0.05) is 55.6 Å². The van der Waals surface area contributed by atoms with Gasteiger partial charge in [-0.1, -0.05) is 143 Å². The van der Waals surface area contributed by atoms with Gasteiger partial charge in [0.05, 0.1) is 19.0 Å². The van der Waals surface area contributed by atoms with E-state index in [1.807, 2.05) is 66.7 Å². The van der Waals surface area contributed by atoms with Gasteiger partial charge in [0.1, 0.15) is 110 Å². The Labute approximate surface area is 765 Å². The van der Waals surface area contributed by atoms with Crippen molar-refractivity contribution >= 4 is 86.9 Å². The summed E-state index contributed by atoms with van der Waals surface area (Å²) in [4.78, 5) is 125. The van der Waals surface area contributed by atoms with E-state index >= 15 is 0 Å². The smallest absolute Gasteiger partial charge is 0.341 e. The number of aryl methyl sites for hydroxylation is 2. The zero-order chi connectivity index (χ0) is 92.0. The standard InChI is InChI=1S/2C31H33N7O7.C30H33N7O7/c2*39-30(40)20-11-6-14-32-28(20)42-15-21-24-25(45-22(44-24)13-12-18-7-2-1-3-8-18)29(43-21)38-17-35-23-26(33-16-34-27(23)38)37-31(41)36-19-9-4-5-10-19;1-2-3-4-8-13-32-30(40)36-24-21-25(34-16-33-24)37(17-35-21)27-23-22(43-29(44-23)18-10-6-5-7-11-18)20(42-27)15-41-26-19(28(38)39)12-9-14-31-26/h2*1-3,6-8,11,14,16-17,19,21-22,24-25,29H,4-5,9-10,12-13,15H2,(H,39,40)(H2,33,34,36,37,41);5-7,9-12,14,16-17,20,22-23,27,29H,2-4,8,13,15H2,1H3,(H,38,39)(H2,32,33,34,36,40). The third-order valence-electron chi connectivity index (χ3n) is 24.2. The Hall–Kier alpha value is -14.0. The highest BCUT2D eigenvalue weighted by Crippen LogP contribution is 2.48.